The fourth-order valence-corrected chi connectivity index (χ4v) is 3.00. The maximum absolute atomic E-state index is 12.3. The molecule has 1 aliphatic heterocycles. The summed E-state index contributed by atoms with van der Waals surface area (Å²) in [7, 11) is 4.09. The molecule has 162 valence electrons. The van der Waals surface area contributed by atoms with Gasteiger partial charge in [-0.1, -0.05) is 24.3 Å². The first-order valence-corrected chi connectivity index (χ1v) is 9.05. The van der Waals surface area contributed by atoms with Crippen LogP contribution in [0.1, 0.15) is 30.4 Å². The van der Waals surface area contributed by atoms with E-state index in [1.54, 1.807) is 0 Å². The van der Waals surface area contributed by atoms with Crippen LogP contribution in [-0.4, -0.2) is 67.9 Å². The first-order chi connectivity index (χ1) is 12.0. The summed E-state index contributed by atoms with van der Waals surface area (Å²) in [5.74, 6) is 0.617. The molecule has 0 bridgehead atoms. The third kappa shape index (κ3) is 9.43. The topological polar surface area (TPSA) is 88.0 Å². The van der Waals surface area contributed by atoms with Gasteiger partial charge in [-0.25, -0.2) is 0 Å². The Bertz CT molecular complexity index is 590. The number of aliphatic imine (C=N–C) groups is 1. The molecule has 0 radical (unpaired) electrons. The van der Waals surface area contributed by atoms with Crippen molar-refractivity contribution in [2.45, 2.75) is 31.7 Å². The minimum atomic E-state index is -0.471. The van der Waals surface area contributed by atoms with Gasteiger partial charge in [0.15, 0.2) is 0 Å². The smallest absolute Gasteiger partial charge is 0.239 e. The lowest BCUT2D eigenvalue weighted by atomic mass is 10.0. The van der Waals surface area contributed by atoms with Gasteiger partial charge in [0.1, 0.15) is 5.84 Å². The van der Waals surface area contributed by atoms with E-state index in [4.69, 9.17) is 11.5 Å². The molecule has 4 N–H and O–H groups in total. The van der Waals surface area contributed by atoms with Crippen molar-refractivity contribution in [1.82, 2.24) is 9.80 Å². The molecule has 2 rings (SSSR count). The lowest BCUT2D eigenvalue weighted by Gasteiger charge is -2.20. The second kappa shape index (κ2) is 14.9. The monoisotopic (exact) mass is 453 g/mol. The van der Waals surface area contributed by atoms with Gasteiger partial charge in [-0.05, 0) is 51.9 Å². The quantitative estimate of drug-likeness (QED) is 0.358. The van der Waals surface area contributed by atoms with Crippen molar-refractivity contribution in [2.75, 3.05) is 40.3 Å². The van der Waals surface area contributed by atoms with Crippen molar-refractivity contribution in [3.63, 3.8) is 0 Å². The van der Waals surface area contributed by atoms with Gasteiger partial charge in [0.05, 0.1) is 6.04 Å². The van der Waals surface area contributed by atoms with Crippen LogP contribution in [0.5, 0.6) is 0 Å². The van der Waals surface area contributed by atoms with Crippen LogP contribution in [0, 0.1) is 0 Å². The second-order valence-corrected chi connectivity index (χ2v) is 6.96. The largest absolute Gasteiger partial charge is 0.384 e. The fraction of sp³-hybridized carbons (Fsp3) is 0.579. The second-order valence-electron chi connectivity index (χ2n) is 6.96. The van der Waals surface area contributed by atoms with Gasteiger partial charge < -0.3 is 21.3 Å². The van der Waals surface area contributed by atoms with Gasteiger partial charge in [-0.3, -0.25) is 9.79 Å². The third-order valence-corrected chi connectivity index (χ3v) is 4.49. The number of rotatable bonds is 8. The number of hydrogen-bond acceptors (Lipinski definition) is 4. The lowest BCUT2D eigenvalue weighted by Crippen LogP contribution is -2.43. The van der Waals surface area contributed by atoms with Crippen LogP contribution in [-0.2, 0) is 11.2 Å². The summed E-state index contributed by atoms with van der Waals surface area (Å²) in [6.07, 6.45) is 3.70. The number of hydrogen-bond donors (Lipinski definition) is 2. The summed E-state index contributed by atoms with van der Waals surface area (Å²) in [6.45, 7) is 3.40. The van der Waals surface area contributed by atoms with Gasteiger partial charge in [-0.2, -0.15) is 0 Å². The molecule has 28 heavy (non-hydrogen) atoms. The summed E-state index contributed by atoms with van der Waals surface area (Å²) in [5, 5.41) is 0. The number of carbonyl (C=O) groups is 1. The van der Waals surface area contributed by atoms with Gasteiger partial charge in [-0.15, -0.1) is 37.2 Å². The molecule has 0 saturated carbocycles. The molecule has 6 nitrogen and oxygen atoms in total. The Labute approximate surface area is 187 Å². The molecule has 1 amide bonds. The molecule has 0 spiro atoms. The van der Waals surface area contributed by atoms with E-state index in [0.29, 0.717) is 12.3 Å². The van der Waals surface area contributed by atoms with Crippen molar-refractivity contribution in [3.8, 4) is 0 Å². The molecule has 1 unspecified atom stereocenters. The van der Waals surface area contributed by atoms with Crippen molar-refractivity contribution < 1.29 is 4.79 Å². The molecule has 0 aromatic heterocycles. The number of likely N-dealkylation sites (tertiary alicyclic amines) is 1. The summed E-state index contributed by atoms with van der Waals surface area (Å²) < 4.78 is 0. The molecule has 1 aliphatic rings. The Morgan fingerprint density at radius 2 is 1.71 bits per heavy atom. The zero-order valence-electron chi connectivity index (χ0n) is 16.7. The highest BCUT2D eigenvalue weighted by atomic mass is 35.5. The van der Waals surface area contributed by atoms with Crippen LogP contribution in [0.2, 0.25) is 0 Å². The summed E-state index contributed by atoms with van der Waals surface area (Å²) in [6, 6.07) is 7.39. The third-order valence-electron chi connectivity index (χ3n) is 4.49. The first-order valence-electron chi connectivity index (χ1n) is 9.05. The van der Waals surface area contributed by atoms with Crippen LogP contribution < -0.4 is 11.5 Å². The van der Waals surface area contributed by atoms with E-state index in [-0.39, 0.29) is 43.1 Å². The Kier molecular flexibility index (Phi) is 15.5. The summed E-state index contributed by atoms with van der Waals surface area (Å²) in [5.41, 5.74) is 14.1. The predicted molar refractivity (Wildman–Crippen MR) is 124 cm³/mol. The maximum atomic E-state index is 12.3. The van der Waals surface area contributed by atoms with Crippen molar-refractivity contribution in [2.24, 2.45) is 16.5 Å². The van der Waals surface area contributed by atoms with Crippen LogP contribution in [0.25, 0.3) is 0 Å². The van der Waals surface area contributed by atoms with E-state index in [1.807, 2.05) is 43.3 Å². The van der Waals surface area contributed by atoms with Crippen molar-refractivity contribution in [1.29, 1.82) is 0 Å². The van der Waals surface area contributed by atoms with Crippen LogP contribution >= 0.6 is 37.2 Å². The Balaban J connectivity index is 0. The normalized spacial score (nSPS) is 14.7. The molecule has 1 saturated heterocycles. The number of nitrogens with zero attached hydrogens (tertiary/aromatic N) is 3. The van der Waals surface area contributed by atoms with Gasteiger partial charge in [0.25, 0.3) is 0 Å². The molecule has 1 aromatic carbocycles. The van der Waals surface area contributed by atoms with Crippen LogP contribution in [0.3, 0.4) is 0 Å². The first kappa shape index (κ1) is 29.2. The van der Waals surface area contributed by atoms with Crippen LogP contribution in [0.4, 0.5) is 0 Å². The van der Waals surface area contributed by atoms with E-state index >= 15 is 0 Å². The minimum absolute atomic E-state index is 0. The molecular weight excluding hydrogens is 421 g/mol. The fourth-order valence-electron chi connectivity index (χ4n) is 3.00. The predicted octanol–water partition coefficient (Wildman–Crippen LogP) is 2.10. The molecule has 9 heteroatoms. The Hall–Kier alpha value is -1.05. The summed E-state index contributed by atoms with van der Waals surface area (Å²) in [4.78, 5) is 20.7. The number of benzene rings is 1. The van der Waals surface area contributed by atoms with E-state index < -0.39 is 6.04 Å². The Morgan fingerprint density at radius 3 is 2.25 bits per heavy atom. The maximum Gasteiger partial charge on any atom is 0.239 e. The van der Waals surface area contributed by atoms with Crippen molar-refractivity contribution in [3.05, 3.63) is 35.4 Å². The van der Waals surface area contributed by atoms with E-state index in [9.17, 15) is 4.79 Å². The van der Waals surface area contributed by atoms with E-state index in [1.165, 1.54) is 0 Å². The van der Waals surface area contributed by atoms with E-state index in [2.05, 4.69) is 9.89 Å². The summed E-state index contributed by atoms with van der Waals surface area (Å²) >= 11 is 0. The minimum Gasteiger partial charge on any atom is -0.384 e. The van der Waals surface area contributed by atoms with E-state index in [0.717, 1.165) is 56.6 Å². The molecule has 1 heterocycles. The van der Waals surface area contributed by atoms with Crippen molar-refractivity contribution >= 4 is 49.0 Å². The molecular formula is C19H34Cl3N5O. The molecule has 1 aromatic rings. The van der Waals surface area contributed by atoms with Gasteiger partial charge in [0.2, 0.25) is 5.91 Å². The molecule has 1 atom stereocenters. The standard InChI is InChI=1S/C19H31N5O.3ClH/c1-23(2)11-5-10-22-18(21)16-8-6-15(7-9-16)14-17(20)19(25)24-12-3-4-13-24;;;/h6-9,17H,3-5,10-14,20H2,1-2H3,(H2,21,22);3*1H. The number of halogens is 3. The lowest BCUT2D eigenvalue weighted by molar-refractivity contribution is -0.131. The zero-order valence-corrected chi connectivity index (χ0v) is 19.1. The number of amidine groups is 1. The van der Waals surface area contributed by atoms with Gasteiger partial charge >= 0.3 is 0 Å². The highest BCUT2D eigenvalue weighted by Gasteiger charge is 2.23. The molecule has 1 fully saturated rings. The zero-order chi connectivity index (χ0) is 18.2. The highest BCUT2D eigenvalue weighted by molar-refractivity contribution is 5.97. The van der Waals surface area contributed by atoms with Gasteiger partial charge in [0, 0.05) is 25.2 Å². The average Bonchev–Trinajstić information content (AvgIpc) is 3.12. The highest BCUT2D eigenvalue weighted by Crippen LogP contribution is 2.12. The number of nitrogens with two attached hydrogens (primary N) is 2. The SMILES string of the molecule is CN(C)CCCN=C(N)c1ccc(CC(N)C(=O)N2CCCC2)cc1.Cl.Cl.Cl. The average molecular weight is 455 g/mol. The van der Waals surface area contributed by atoms with Crippen LogP contribution in [0.15, 0.2) is 29.3 Å². The Morgan fingerprint density at radius 1 is 1.14 bits per heavy atom. The number of amides is 1. The molecule has 0 aliphatic carbocycles. The number of carbonyl (C=O) groups excluding carboxylic acids is 1.